The average Bonchev–Trinajstić information content (AvgIpc) is 3.22. The van der Waals surface area contributed by atoms with Gasteiger partial charge in [-0.25, -0.2) is 0 Å². The standard InChI is InChI=1S/C20H23N3O4S/c1-13(24)21-14-8-9-17(27-2)15(12-14)22-19(25)16-6-3-4-10-23(16)20(26)18-7-5-11-28-18/h5,7-9,11-12,16H,3-4,6,10H2,1-2H3,(H,21,24)(H,22,25). The molecule has 2 heterocycles. The van der Waals surface area contributed by atoms with Crippen molar-refractivity contribution in [1.82, 2.24) is 4.90 Å². The smallest absolute Gasteiger partial charge is 0.264 e. The molecule has 7 nitrogen and oxygen atoms in total. The third-order valence-corrected chi connectivity index (χ3v) is 5.43. The van der Waals surface area contributed by atoms with Crippen LogP contribution in [0.2, 0.25) is 0 Å². The van der Waals surface area contributed by atoms with E-state index in [9.17, 15) is 14.4 Å². The van der Waals surface area contributed by atoms with Crippen molar-refractivity contribution in [2.24, 2.45) is 0 Å². The quantitative estimate of drug-likeness (QED) is 0.804. The third kappa shape index (κ3) is 4.51. The molecule has 8 heteroatoms. The Bertz CT molecular complexity index is 866. The number of likely N-dealkylation sites (tertiary alicyclic amines) is 1. The summed E-state index contributed by atoms with van der Waals surface area (Å²) in [6.07, 6.45) is 2.37. The number of hydrogen-bond donors (Lipinski definition) is 2. The summed E-state index contributed by atoms with van der Waals surface area (Å²) in [4.78, 5) is 39.4. The van der Waals surface area contributed by atoms with E-state index < -0.39 is 6.04 Å². The van der Waals surface area contributed by atoms with Crippen LogP contribution in [0.4, 0.5) is 11.4 Å². The Kier molecular flexibility index (Phi) is 6.30. The molecule has 1 aromatic heterocycles. The highest BCUT2D eigenvalue weighted by Gasteiger charge is 2.33. The fraction of sp³-hybridized carbons (Fsp3) is 0.350. The molecule has 0 bridgehead atoms. The van der Waals surface area contributed by atoms with Gasteiger partial charge in [0.2, 0.25) is 11.8 Å². The minimum Gasteiger partial charge on any atom is -0.495 e. The van der Waals surface area contributed by atoms with Crippen molar-refractivity contribution in [1.29, 1.82) is 0 Å². The van der Waals surface area contributed by atoms with Gasteiger partial charge >= 0.3 is 0 Å². The van der Waals surface area contributed by atoms with E-state index in [0.717, 1.165) is 12.8 Å². The van der Waals surface area contributed by atoms with E-state index in [4.69, 9.17) is 4.74 Å². The minimum absolute atomic E-state index is 0.117. The van der Waals surface area contributed by atoms with Crippen molar-refractivity contribution in [2.45, 2.75) is 32.2 Å². The first-order chi connectivity index (χ1) is 13.5. The van der Waals surface area contributed by atoms with Crippen molar-refractivity contribution in [3.05, 3.63) is 40.6 Å². The normalized spacial score (nSPS) is 16.4. The molecule has 0 spiro atoms. The minimum atomic E-state index is -0.544. The topological polar surface area (TPSA) is 87.7 Å². The Morgan fingerprint density at radius 2 is 2.00 bits per heavy atom. The van der Waals surface area contributed by atoms with E-state index in [1.54, 1.807) is 29.2 Å². The fourth-order valence-corrected chi connectivity index (χ4v) is 3.97. The highest BCUT2D eigenvalue weighted by molar-refractivity contribution is 7.12. The molecule has 0 saturated carbocycles. The first-order valence-corrected chi connectivity index (χ1v) is 9.98. The summed E-state index contributed by atoms with van der Waals surface area (Å²) < 4.78 is 5.32. The van der Waals surface area contributed by atoms with Crippen molar-refractivity contribution in [2.75, 3.05) is 24.3 Å². The Balaban J connectivity index is 1.80. The summed E-state index contributed by atoms with van der Waals surface area (Å²) in [5.74, 6) is -0.103. The zero-order chi connectivity index (χ0) is 20.1. The molecular weight excluding hydrogens is 378 g/mol. The second kappa shape index (κ2) is 8.88. The zero-order valence-corrected chi connectivity index (χ0v) is 16.7. The van der Waals surface area contributed by atoms with Crippen LogP contribution < -0.4 is 15.4 Å². The van der Waals surface area contributed by atoms with Crippen LogP contribution >= 0.6 is 11.3 Å². The van der Waals surface area contributed by atoms with Gasteiger partial charge in [-0.1, -0.05) is 6.07 Å². The van der Waals surface area contributed by atoms with Crippen LogP contribution in [0.3, 0.4) is 0 Å². The number of nitrogens with one attached hydrogen (secondary N) is 2. The van der Waals surface area contributed by atoms with Gasteiger partial charge in [-0.15, -0.1) is 11.3 Å². The van der Waals surface area contributed by atoms with Crippen molar-refractivity contribution < 1.29 is 19.1 Å². The maximum atomic E-state index is 13.0. The van der Waals surface area contributed by atoms with Gasteiger partial charge in [0.25, 0.3) is 5.91 Å². The number of piperidine rings is 1. The first-order valence-electron chi connectivity index (χ1n) is 9.10. The lowest BCUT2D eigenvalue weighted by atomic mass is 10.0. The van der Waals surface area contributed by atoms with Crippen LogP contribution in [0.25, 0.3) is 0 Å². The van der Waals surface area contributed by atoms with E-state index in [1.807, 2.05) is 11.4 Å². The summed E-state index contributed by atoms with van der Waals surface area (Å²) in [5.41, 5.74) is 1.01. The van der Waals surface area contributed by atoms with Gasteiger partial charge in [0.1, 0.15) is 11.8 Å². The SMILES string of the molecule is COc1ccc(NC(C)=O)cc1NC(=O)C1CCCCN1C(=O)c1cccs1. The summed E-state index contributed by atoms with van der Waals surface area (Å²) >= 11 is 1.37. The maximum absolute atomic E-state index is 13.0. The lowest BCUT2D eigenvalue weighted by Gasteiger charge is -2.34. The van der Waals surface area contributed by atoms with Gasteiger partial charge in [0, 0.05) is 19.2 Å². The predicted molar refractivity (Wildman–Crippen MR) is 109 cm³/mol. The lowest BCUT2D eigenvalue weighted by Crippen LogP contribution is -2.49. The van der Waals surface area contributed by atoms with Gasteiger partial charge < -0.3 is 20.3 Å². The highest BCUT2D eigenvalue weighted by Crippen LogP contribution is 2.29. The number of ether oxygens (including phenoxy) is 1. The van der Waals surface area contributed by atoms with Gasteiger partial charge in [-0.2, -0.15) is 0 Å². The Hall–Kier alpha value is -2.87. The molecular formula is C20H23N3O4S. The van der Waals surface area contributed by atoms with Crippen molar-refractivity contribution in [3.8, 4) is 5.75 Å². The number of carbonyl (C=O) groups is 3. The molecule has 1 aliphatic heterocycles. The molecule has 2 N–H and O–H groups in total. The Labute approximate surface area is 167 Å². The second-order valence-corrected chi connectivity index (χ2v) is 7.52. The van der Waals surface area contributed by atoms with Crippen LogP contribution in [-0.4, -0.2) is 42.3 Å². The molecule has 28 heavy (non-hydrogen) atoms. The molecule has 1 saturated heterocycles. The van der Waals surface area contributed by atoms with E-state index in [-0.39, 0.29) is 17.7 Å². The largest absolute Gasteiger partial charge is 0.495 e. The number of benzene rings is 1. The van der Waals surface area contributed by atoms with E-state index in [0.29, 0.717) is 35.0 Å². The molecule has 1 unspecified atom stereocenters. The number of thiophene rings is 1. The number of anilines is 2. The summed E-state index contributed by atoms with van der Waals surface area (Å²) in [6, 6.07) is 8.08. The first kappa shape index (κ1) is 19.9. The van der Waals surface area contributed by atoms with Crippen LogP contribution in [0, 0.1) is 0 Å². The molecule has 0 aliphatic carbocycles. The fourth-order valence-electron chi connectivity index (χ4n) is 3.29. The van der Waals surface area contributed by atoms with Crippen molar-refractivity contribution >= 4 is 40.4 Å². The molecule has 2 aromatic rings. The van der Waals surface area contributed by atoms with E-state index in [2.05, 4.69) is 10.6 Å². The molecule has 3 rings (SSSR count). The number of methoxy groups -OCH3 is 1. The lowest BCUT2D eigenvalue weighted by molar-refractivity contribution is -0.121. The maximum Gasteiger partial charge on any atom is 0.264 e. The van der Waals surface area contributed by atoms with Gasteiger partial charge in [0.05, 0.1) is 17.7 Å². The van der Waals surface area contributed by atoms with Gasteiger partial charge in [-0.3, -0.25) is 14.4 Å². The third-order valence-electron chi connectivity index (χ3n) is 4.58. The molecule has 1 aliphatic rings. The highest BCUT2D eigenvalue weighted by atomic mass is 32.1. The number of carbonyl (C=O) groups excluding carboxylic acids is 3. The summed E-state index contributed by atoms with van der Waals surface area (Å²) in [5, 5.41) is 7.41. The van der Waals surface area contributed by atoms with E-state index >= 15 is 0 Å². The molecule has 1 aromatic carbocycles. The molecule has 0 radical (unpaired) electrons. The Morgan fingerprint density at radius 3 is 2.68 bits per heavy atom. The molecule has 3 amide bonds. The number of rotatable bonds is 5. The van der Waals surface area contributed by atoms with E-state index in [1.165, 1.54) is 25.4 Å². The molecule has 1 atom stereocenters. The number of hydrogen-bond acceptors (Lipinski definition) is 5. The molecule has 148 valence electrons. The molecule has 1 fully saturated rings. The van der Waals surface area contributed by atoms with Gasteiger partial charge in [-0.05, 0) is 48.9 Å². The monoisotopic (exact) mass is 401 g/mol. The van der Waals surface area contributed by atoms with Crippen molar-refractivity contribution in [3.63, 3.8) is 0 Å². The summed E-state index contributed by atoms with van der Waals surface area (Å²) in [6.45, 7) is 1.97. The predicted octanol–water partition coefficient (Wildman–Crippen LogP) is 3.35. The van der Waals surface area contributed by atoms with Crippen LogP contribution in [0.5, 0.6) is 5.75 Å². The van der Waals surface area contributed by atoms with Crippen LogP contribution in [0.1, 0.15) is 35.9 Å². The number of nitrogens with zero attached hydrogens (tertiary/aromatic N) is 1. The Morgan fingerprint density at radius 1 is 1.18 bits per heavy atom. The van der Waals surface area contributed by atoms with Gasteiger partial charge in [0.15, 0.2) is 0 Å². The summed E-state index contributed by atoms with van der Waals surface area (Å²) in [7, 11) is 1.51. The second-order valence-electron chi connectivity index (χ2n) is 6.57. The zero-order valence-electron chi connectivity index (χ0n) is 15.9. The van der Waals surface area contributed by atoms with Crippen LogP contribution in [0.15, 0.2) is 35.7 Å². The number of amides is 3. The van der Waals surface area contributed by atoms with Crippen LogP contribution in [-0.2, 0) is 9.59 Å². The average molecular weight is 401 g/mol.